The summed E-state index contributed by atoms with van der Waals surface area (Å²) in [6.45, 7) is 8.24. The molecule has 37 heavy (non-hydrogen) atoms. The predicted molar refractivity (Wildman–Crippen MR) is 145 cm³/mol. The molecule has 200 valence electrons. The van der Waals surface area contributed by atoms with Gasteiger partial charge >= 0.3 is 6.03 Å². The quantitative estimate of drug-likeness (QED) is 0.433. The number of piperazine rings is 1. The minimum atomic E-state index is -0.567. The molecule has 0 atom stereocenters. The molecule has 1 saturated heterocycles. The van der Waals surface area contributed by atoms with Crippen LogP contribution in [0.3, 0.4) is 0 Å². The highest BCUT2D eigenvalue weighted by Crippen LogP contribution is 2.32. The van der Waals surface area contributed by atoms with E-state index in [9.17, 15) is 9.59 Å². The van der Waals surface area contributed by atoms with E-state index < -0.39 is 6.03 Å². The lowest BCUT2D eigenvalue weighted by Crippen LogP contribution is -2.48. The van der Waals surface area contributed by atoms with Gasteiger partial charge in [-0.3, -0.25) is 15.0 Å². The minimum Gasteiger partial charge on any atom is -0.489 e. The first kappa shape index (κ1) is 30.1. The summed E-state index contributed by atoms with van der Waals surface area (Å²) in [6.07, 6.45) is 2.92. The van der Waals surface area contributed by atoms with Crippen molar-refractivity contribution in [3.63, 3.8) is 0 Å². The number of likely N-dealkylation sites (N-methyl/N-ethyl adjacent to an activating group) is 1. The van der Waals surface area contributed by atoms with Gasteiger partial charge in [-0.1, -0.05) is 11.6 Å². The first-order chi connectivity index (χ1) is 17.2. The Morgan fingerprint density at radius 1 is 1.16 bits per heavy atom. The van der Waals surface area contributed by atoms with Crippen molar-refractivity contribution in [1.29, 1.82) is 5.26 Å². The lowest BCUT2D eigenvalue weighted by Gasteiger charge is -2.31. The Labute approximate surface area is 227 Å². The zero-order valence-corrected chi connectivity index (χ0v) is 22.7. The predicted octanol–water partition coefficient (Wildman–Crippen LogP) is 2.76. The third-order valence-corrected chi connectivity index (χ3v) is 5.80. The maximum absolute atomic E-state index is 12.5. The van der Waals surface area contributed by atoms with Crippen LogP contribution in [0.15, 0.2) is 24.5 Å². The monoisotopic (exact) mass is 550 g/mol. The number of ether oxygens (including phenoxy) is 1. The van der Waals surface area contributed by atoms with E-state index in [1.165, 1.54) is 12.4 Å². The van der Waals surface area contributed by atoms with Crippen molar-refractivity contribution in [2.45, 2.75) is 26.4 Å². The Bertz CT molecular complexity index is 1100. The number of aromatic nitrogens is 2. The van der Waals surface area contributed by atoms with Crippen LogP contribution in [-0.4, -0.2) is 84.1 Å². The maximum Gasteiger partial charge on any atom is 0.325 e. The summed E-state index contributed by atoms with van der Waals surface area (Å²) in [5.41, 5.74) is 1.32. The highest BCUT2D eigenvalue weighted by atomic mass is 35.5. The molecule has 11 nitrogen and oxygen atoms in total. The molecule has 2 heterocycles. The highest BCUT2D eigenvalue weighted by molar-refractivity contribution is 6.31. The second kappa shape index (κ2) is 14.5. The van der Waals surface area contributed by atoms with Crippen LogP contribution in [0.4, 0.5) is 16.3 Å². The first-order valence-electron chi connectivity index (χ1n) is 11.7. The fourth-order valence-corrected chi connectivity index (χ4v) is 3.82. The van der Waals surface area contributed by atoms with Gasteiger partial charge in [0.15, 0.2) is 11.5 Å². The number of nitrogens with zero attached hydrogens (tertiary/aromatic N) is 5. The average Bonchev–Trinajstić information content (AvgIpc) is 2.83. The van der Waals surface area contributed by atoms with Crippen molar-refractivity contribution in [1.82, 2.24) is 25.1 Å². The van der Waals surface area contributed by atoms with Crippen molar-refractivity contribution < 1.29 is 14.3 Å². The lowest BCUT2D eigenvalue weighted by molar-refractivity contribution is -0.122. The smallest absolute Gasteiger partial charge is 0.325 e. The molecule has 1 aromatic heterocycles. The van der Waals surface area contributed by atoms with Crippen LogP contribution in [-0.2, 0) is 11.2 Å². The van der Waals surface area contributed by atoms with E-state index in [1.807, 2.05) is 19.9 Å². The fourth-order valence-electron chi connectivity index (χ4n) is 3.56. The van der Waals surface area contributed by atoms with E-state index in [2.05, 4.69) is 42.8 Å². The molecule has 2 aromatic rings. The SMILES string of the molecule is CC(C)Oc1cc(CCNC(=O)CN2CCN(C)CC2)c(Cl)cc1NC(=O)Nc1cnc(C#N)cn1.Cl. The molecule has 0 bridgehead atoms. The topological polar surface area (TPSA) is 136 Å². The van der Waals surface area contributed by atoms with Gasteiger partial charge in [0, 0.05) is 37.7 Å². The molecular weight excluding hydrogens is 519 g/mol. The summed E-state index contributed by atoms with van der Waals surface area (Å²) in [5, 5.41) is 17.5. The number of nitriles is 1. The number of rotatable bonds is 9. The highest BCUT2D eigenvalue weighted by Gasteiger charge is 2.17. The third kappa shape index (κ3) is 9.66. The summed E-state index contributed by atoms with van der Waals surface area (Å²) < 4.78 is 5.90. The molecule has 1 aliphatic heterocycles. The number of halogens is 2. The molecule has 3 rings (SSSR count). The van der Waals surface area contributed by atoms with Gasteiger partial charge in [-0.25, -0.2) is 14.8 Å². The van der Waals surface area contributed by atoms with Gasteiger partial charge in [-0.05, 0) is 45.0 Å². The van der Waals surface area contributed by atoms with Crippen LogP contribution in [0.1, 0.15) is 25.1 Å². The van der Waals surface area contributed by atoms with E-state index in [0.29, 0.717) is 36.0 Å². The van der Waals surface area contributed by atoms with Gasteiger partial charge in [-0.15, -0.1) is 12.4 Å². The molecule has 0 aliphatic carbocycles. The summed E-state index contributed by atoms with van der Waals surface area (Å²) in [4.78, 5) is 37.1. The van der Waals surface area contributed by atoms with E-state index >= 15 is 0 Å². The van der Waals surface area contributed by atoms with Crippen LogP contribution < -0.4 is 20.7 Å². The minimum absolute atomic E-state index is 0. The lowest BCUT2D eigenvalue weighted by atomic mass is 10.1. The molecule has 3 N–H and O–H groups in total. The zero-order chi connectivity index (χ0) is 26.1. The molecule has 1 aromatic carbocycles. The van der Waals surface area contributed by atoms with Gasteiger partial charge < -0.3 is 20.3 Å². The van der Waals surface area contributed by atoms with Crippen LogP contribution in [0, 0.1) is 11.3 Å². The Balaban J connectivity index is 0.00000481. The number of nitrogens with one attached hydrogen (secondary N) is 3. The van der Waals surface area contributed by atoms with E-state index in [-0.39, 0.29) is 35.9 Å². The molecule has 13 heteroatoms. The largest absolute Gasteiger partial charge is 0.489 e. The van der Waals surface area contributed by atoms with Crippen molar-refractivity contribution in [2.75, 3.05) is 56.9 Å². The van der Waals surface area contributed by atoms with Gasteiger partial charge in [0.2, 0.25) is 5.91 Å². The van der Waals surface area contributed by atoms with Crippen LogP contribution >= 0.6 is 24.0 Å². The van der Waals surface area contributed by atoms with Gasteiger partial charge in [0.05, 0.1) is 30.7 Å². The van der Waals surface area contributed by atoms with Crippen LogP contribution in [0.25, 0.3) is 0 Å². The Hall–Kier alpha value is -3.17. The molecule has 3 amide bonds. The number of urea groups is 1. The van der Waals surface area contributed by atoms with Gasteiger partial charge in [0.1, 0.15) is 11.8 Å². The second-order valence-electron chi connectivity index (χ2n) is 8.76. The standard InChI is InChI=1S/C24H31ClN8O3.ClH/c1-16(2)36-21-10-17(4-5-27-23(34)15-33-8-6-32(3)7-9-33)19(25)11-20(21)30-24(35)31-22-14-28-18(12-26)13-29-22;/h10-11,13-14,16H,4-9,15H2,1-3H3,(H,27,34)(H2,29,30,31,35);1H. The first-order valence-corrected chi connectivity index (χ1v) is 12.1. The molecule has 0 saturated carbocycles. The number of anilines is 2. The molecule has 0 spiro atoms. The average molecular weight is 551 g/mol. The molecule has 1 fully saturated rings. The van der Waals surface area contributed by atoms with Crippen molar-refractivity contribution in [3.05, 3.63) is 40.8 Å². The normalized spacial score (nSPS) is 13.8. The van der Waals surface area contributed by atoms with E-state index in [0.717, 1.165) is 31.7 Å². The van der Waals surface area contributed by atoms with Crippen LogP contribution in [0.5, 0.6) is 5.75 Å². The third-order valence-electron chi connectivity index (χ3n) is 5.45. The van der Waals surface area contributed by atoms with Crippen molar-refractivity contribution in [2.24, 2.45) is 0 Å². The number of benzene rings is 1. The fraction of sp³-hybridized carbons (Fsp3) is 0.458. The number of amides is 3. The molecule has 0 radical (unpaired) electrons. The van der Waals surface area contributed by atoms with Gasteiger partial charge in [-0.2, -0.15) is 5.26 Å². The van der Waals surface area contributed by atoms with Crippen molar-refractivity contribution in [3.8, 4) is 11.8 Å². The number of carbonyl (C=O) groups is 2. The second-order valence-corrected chi connectivity index (χ2v) is 9.17. The van der Waals surface area contributed by atoms with E-state index in [1.54, 1.807) is 12.1 Å². The molecule has 1 aliphatic rings. The summed E-state index contributed by atoms with van der Waals surface area (Å²) in [6, 6.07) is 4.68. The van der Waals surface area contributed by atoms with E-state index in [4.69, 9.17) is 21.6 Å². The molecular formula is C24H32Cl2N8O3. The Morgan fingerprint density at radius 2 is 1.89 bits per heavy atom. The molecule has 0 unspecified atom stereocenters. The summed E-state index contributed by atoms with van der Waals surface area (Å²) in [5.74, 6) is 0.622. The number of hydrogen-bond acceptors (Lipinski definition) is 8. The Kier molecular flexibility index (Phi) is 11.8. The number of carbonyl (C=O) groups excluding carboxylic acids is 2. The summed E-state index contributed by atoms with van der Waals surface area (Å²) >= 11 is 6.49. The zero-order valence-electron chi connectivity index (χ0n) is 21.1. The maximum atomic E-state index is 12.5. The van der Waals surface area contributed by atoms with Gasteiger partial charge in [0.25, 0.3) is 0 Å². The number of hydrogen-bond donors (Lipinski definition) is 3. The Morgan fingerprint density at radius 3 is 2.51 bits per heavy atom. The summed E-state index contributed by atoms with van der Waals surface area (Å²) in [7, 11) is 2.08. The van der Waals surface area contributed by atoms with Crippen LogP contribution in [0.2, 0.25) is 5.02 Å². The van der Waals surface area contributed by atoms with Crippen molar-refractivity contribution >= 4 is 47.5 Å².